The van der Waals surface area contributed by atoms with Crippen LogP contribution in [0, 0.1) is 0 Å². The van der Waals surface area contributed by atoms with Gasteiger partial charge in [0.25, 0.3) is 0 Å². The summed E-state index contributed by atoms with van der Waals surface area (Å²) in [6, 6.07) is 15.7. The van der Waals surface area contributed by atoms with Gasteiger partial charge in [0, 0.05) is 0 Å². The van der Waals surface area contributed by atoms with Crippen LogP contribution < -0.4 is 0 Å². The molecule has 2 nitrogen and oxygen atoms in total. The first-order chi connectivity index (χ1) is 9.31. The predicted octanol–water partition coefficient (Wildman–Crippen LogP) is 4.18. The van der Waals surface area contributed by atoms with E-state index in [0.29, 0.717) is 5.75 Å². The monoisotopic (exact) mass is 269 g/mol. The van der Waals surface area contributed by atoms with E-state index in [9.17, 15) is 5.11 Å². The van der Waals surface area contributed by atoms with Crippen LogP contribution in [0.5, 0.6) is 5.75 Å². The van der Waals surface area contributed by atoms with Crippen LogP contribution >= 0.6 is 11.3 Å². The van der Waals surface area contributed by atoms with Crippen LogP contribution in [0.15, 0.2) is 48.5 Å². The van der Waals surface area contributed by atoms with Crippen molar-refractivity contribution in [3.05, 3.63) is 59.1 Å². The zero-order valence-corrected chi connectivity index (χ0v) is 11.4. The van der Waals surface area contributed by atoms with Crippen molar-refractivity contribution in [1.82, 2.24) is 4.98 Å². The molecule has 3 aromatic rings. The van der Waals surface area contributed by atoms with Crippen LogP contribution in [0.25, 0.3) is 10.2 Å². The van der Waals surface area contributed by atoms with Crippen LogP contribution in [-0.4, -0.2) is 10.1 Å². The molecule has 0 atom stereocenters. The fourth-order valence-electron chi connectivity index (χ4n) is 2.13. The van der Waals surface area contributed by atoms with Crippen LogP contribution in [0.1, 0.15) is 17.0 Å². The van der Waals surface area contributed by atoms with Crippen LogP contribution in [0.3, 0.4) is 0 Å². The summed E-state index contributed by atoms with van der Waals surface area (Å²) in [5, 5.41) is 10.4. The Bertz CT molecular complexity index is 640. The molecule has 0 bridgehead atoms. The van der Waals surface area contributed by atoms with Crippen molar-refractivity contribution in [3.8, 4) is 5.75 Å². The second-order valence-electron chi connectivity index (χ2n) is 4.60. The molecule has 0 saturated carbocycles. The van der Waals surface area contributed by atoms with Gasteiger partial charge in [0.1, 0.15) is 5.75 Å². The van der Waals surface area contributed by atoms with Crippen molar-refractivity contribution in [3.63, 3.8) is 0 Å². The predicted molar refractivity (Wildman–Crippen MR) is 79.8 cm³/mol. The quantitative estimate of drug-likeness (QED) is 0.771. The van der Waals surface area contributed by atoms with Crippen molar-refractivity contribution in [2.45, 2.75) is 19.3 Å². The van der Waals surface area contributed by atoms with E-state index in [1.54, 1.807) is 23.5 Å². The number of aromatic hydroxyl groups is 1. The van der Waals surface area contributed by atoms with Crippen molar-refractivity contribution < 1.29 is 5.11 Å². The standard InChI is InChI=1S/C16H15NOS/c18-13-10-8-12(9-11-13)4-3-7-16-17-14-5-1-2-6-15(14)19-16/h1-2,5-6,8-11,18H,3-4,7H2. The molecule has 0 aliphatic heterocycles. The lowest BCUT2D eigenvalue weighted by atomic mass is 10.1. The fraction of sp³-hybridized carbons (Fsp3) is 0.188. The molecular weight excluding hydrogens is 254 g/mol. The van der Waals surface area contributed by atoms with E-state index >= 15 is 0 Å². The Kier molecular flexibility index (Phi) is 3.47. The van der Waals surface area contributed by atoms with Crippen molar-refractivity contribution in [1.29, 1.82) is 0 Å². The number of hydrogen-bond acceptors (Lipinski definition) is 3. The number of phenolic OH excluding ortho intramolecular Hbond substituents is 1. The number of aryl methyl sites for hydroxylation is 2. The first kappa shape index (κ1) is 12.2. The average Bonchev–Trinajstić information content (AvgIpc) is 2.83. The molecule has 1 heterocycles. The molecular formula is C16H15NOS. The lowest BCUT2D eigenvalue weighted by Crippen LogP contribution is -1.89. The van der Waals surface area contributed by atoms with Crippen molar-refractivity contribution >= 4 is 21.6 Å². The highest BCUT2D eigenvalue weighted by molar-refractivity contribution is 7.18. The number of nitrogens with zero attached hydrogens (tertiary/aromatic N) is 1. The van der Waals surface area contributed by atoms with Gasteiger partial charge >= 0.3 is 0 Å². The van der Waals surface area contributed by atoms with Gasteiger partial charge in [-0.1, -0.05) is 24.3 Å². The number of rotatable bonds is 4. The van der Waals surface area contributed by atoms with E-state index in [0.717, 1.165) is 24.8 Å². The topological polar surface area (TPSA) is 33.1 Å². The molecule has 2 aromatic carbocycles. The molecule has 0 amide bonds. The number of phenols is 1. The minimum atomic E-state index is 0.329. The lowest BCUT2D eigenvalue weighted by molar-refractivity contribution is 0.475. The molecule has 96 valence electrons. The fourth-order valence-corrected chi connectivity index (χ4v) is 3.14. The van der Waals surface area contributed by atoms with E-state index < -0.39 is 0 Å². The average molecular weight is 269 g/mol. The molecule has 1 aromatic heterocycles. The third kappa shape index (κ3) is 2.93. The zero-order chi connectivity index (χ0) is 13.1. The molecule has 1 N–H and O–H groups in total. The summed E-state index contributed by atoms with van der Waals surface area (Å²) in [5.41, 5.74) is 2.37. The summed E-state index contributed by atoms with van der Waals surface area (Å²) in [5.74, 6) is 0.329. The Morgan fingerprint density at radius 2 is 1.74 bits per heavy atom. The Morgan fingerprint density at radius 3 is 2.53 bits per heavy atom. The summed E-state index contributed by atoms with van der Waals surface area (Å²) in [4.78, 5) is 4.64. The highest BCUT2D eigenvalue weighted by atomic mass is 32.1. The minimum absolute atomic E-state index is 0.329. The van der Waals surface area contributed by atoms with E-state index in [1.807, 2.05) is 18.2 Å². The Balaban J connectivity index is 1.61. The van der Waals surface area contributed by atoms with E-state index in [1.165, 1.54) is 15.3 Å². The molecule has 0 aliphatic carbocycles. The molecule has 19 heavy (non-hydrogen) atoms. The summed E-state index contributed by atoms with van der Waals surface area (Å²) in [6.07, 6.45) is 3.13. The Morgan fingerprint density at radius 1 is 0.947 bits per heavy atom. The molecule has 3 heteroatoms. The molecule has 0 saturated heterocycles. The number of hydrogen-bond donors (Lipinski definition) is 1. The highest BCUT2D eigenvalue weighted by Gasteiger charge is 2.03. The maximum absolute atomic E-state index is 9.23. The van der Waals surface area contributed by atoms with Crippen LogP contribution in [0.4, 0.5) is 0 Å². The maximum Gasteiger partial charge on any atom is 0.115 e. The van der Waals surface area contributed by atoms with Gasteiger partial charge in [-0.25, -0.2) is 4.98 Å². The molecule has 0 radical (unpaired) electrons. The normalized spacial score (nSPS) is 10.9. The van der Waals surface area contributed by atoms with E-state index in [4.69, 9.17) is 0 Å². The van der Waals surface area contributed by atoms with Gasteiger partial charge in [-0.2, -0.15) is 0 Å². The second kappa shape index (κ2) is 5.41. The zero-order valence-electron chi connectivity index (χ0n) is 10.5. The number of benzene rings is 2. The summed E-state index contributed by atoms with van der Waals surface area (Å²) in [7, 11) is 0. The van der Waals surface area contributed by atoms with Gasteiger partial charge in [-0.05, 0) is 49.1 Å². The maximum atomic E-state index is 9.23. The van der Waals surface area contributed by atoms with Gasteiger partial charge in [-0.15, -0.1) is 11.3 Å². The van der Waals surface area contributed by atoms with Gasteiger partial charge < -0.3 is 5.11 Å². The summed E-state index contributed by atoms with van der Waals surface area (Å²) in [6.45, 7) is 0. The second-order valence-corrected chi connectivity index (χ2v) is 5.71. The van der Waals surface area contributed by atoms with Gasteiger partial charge in [0.2, 0.25) is 0 Å². The molecule has 3 rings (SSSR count). The number of thiazole rings is 1. The van der Waals surface area contributed by atoms with Gasteiger partial charge in [0.05, 0.1) is 15.2 Å². The first-order valence-electron chi connectivity index (χ1n) is 6.43. The molecule has 0 unspecified atom stereocenters. The minimum Gasteiger partial charge on any atom is -0.508 e. The number of aromatic nitrogens is 1. The lowest BCUT2D eigenvalue weighted by Gasteiger charge is -2.00. The van der Waals surface area contributed by atoms with E-state index in [-0.39, 0.29) is 0 Å². The summed E-state index contributed by atoms with van der Waals surface area (Å²) < 4.78 is 1.27. The third-order valence-electron chi connectivity index (χ3n) is 3.13. The van der Waals surface area contributed by atoms with Crippen molar-refractivity contribution in [2.24, 2.45) is 0 Å². The van der Waals surface area contributed by atoms with Crippen LogP contribution in [-0.2, 0) is 12.8 Å². The molecule has 0 fully saturated rings. The van der Waals surface area contributed by atoms with E-state index in [2.05, 4.69) is 23.2 Å². The Hall–Kier alpha value is -1.87. The van der Waals surface area contributed by atoms with Gasteiger partial charge in [0.15, 0.2) is 0 Å². The van der Waals surface area contributed by atoms with Crippen molar-refractivity contribution in [2.75, 3.05) is 0 Å². The third-order valence-corrected chi connectivity index (χ3v) is 4.23. The highest BCUT2D eigenvalue weighted by Crippen LogP contribution is 2.23. The smallest absolute Gasteiger partial charge is 0.115 e. The summed E-state index contributed by atoms with van der Waals surface area (Å²) >= 11 is 1.78. The first-order valence-corrected chi connectivity index (χ1v) is 7.25. The number of fused-ring (bicyclic) bond motifs is 1. The number of para-hydroxylation sites is 1. The largest absolute Gasteiger partial charge is 0.508 e. The van der Waals surface area contributed by atoms with Crippen LogP contribution in [0.2, 0.25) is 0 Å². The SMILES string of the molecule is Oc1ccc(CCCc2nc3ccccc3s2)cc1. The Labute approximate surface area is 116 Å². The molecule has 0 aliphatic rings. The molecule has 0 spiro atoms. The van der Waals surface area contributed by atoms with Gasteiger partial charge in [-0.3, -0.25) is 0 Å².